The zero-order valence-electron chi connectivity index (χ0n) is 37.5. The molecule has 0 saturated carbocycles. The molecular formula is C54H35N7. The molecular weight excluding hydrogens is 747 g/mol. The largest absolute Gasteiger partial charge is 0.309 e. The van der Waals surface area contributed by atoms with Gasteiger partial charge in [-0.15, -0.1) is 0 Å². The number of benzene rings is 8. The van der Waals surface area contributed by atoms with Crippen molar-refractivity contribution >= 4 is 21.8 Å². The van der Waals surface area contributed by atoms with Crippen LogP contribution in [0.3, 0.4) is 0 Å². The van der Waals surface area contributed by atoms with Gasteiger partial charge in [0.05, 0.1) is 23.6 Å². The second-order valence-corrected chi connectivity index (χ2v) is 14.4. The van der Waals surface area contributed by atoms with E-state index in [-0.39, 0.29) is 23.0 Å². The maximum Gasteiger partial charge on any atom is 0.166 e. The van der Waals surface area contributed by atoms with Crippen LogP contribution in [-0.2, 0) is 0 Å². The van der Waals surface area contributed by atoms with Gasteiger partial charge in [0, 0.05) is 44.2 Å². The highest BCUT2D eigenvalue weighted by atomic mass is 15.1. The van der Waals surface area contributed by atoms with Crippen molar-refractivity contribution in [1.82, 2.24) is 34.5 Å². The molecule has 7 nitrogen and oxygen atoms in total. The number of rotatable bonds is 8. The van der Waals surface area contributed by atoms with Crippen LogP contribution in [0.15, 0.2) is 212 Å². The molecule has 7 heteroatoms. The molecule has 0 N–H and O–H groups in total. The Morgan fingerprint density at radius 1 is 0.311 bits per heavy atom. The average molecular weight is 787 g/mol. The predicted molar refractivity (Wildman–Crippen MR) is 246 cm³/mol. The standard InChI is InChI=1S/C54H35N7/c1-5-17-36(18-6-1)37-29-31-41(32-30-37)52-55-49(38-19-7-2-8-20-38)57-53(58-52)42-33-34-48(61-46-27-15-13-25-43(46)44-26-14-16-28-47(44)61)45(35-42)54-59-50(39-21-9-3-10-22-39)56-51(60-54)40-23-11-4-12-24-40/h1-35H/i3D,9D,10D,21D,22D. The minimum Gasteiger partial charge on any atom is -0.309 e. The molecule has 8 aromatic carbocycles. The molecule has 0 amide bonds. The van der Waals surface area contributed by atoms with E-state index in [1.165, 1.54) is 0 Å². The lowest BCUT2D eigenvalue weighted by Gasteiger charge is -2.16. The number of aromatic nitrogens is 7. The summed E-state index contributed by atoms with van der Waals surface area (Å²) in [5, 5.41) is 2.10. The highest BCUT2D eigenvalue weighted by molar-refractivity contribution is 6.09. The van der Waals surface area contributed by atoms with Crippen LogP contribution in [0, 0.1) is 0 Å². The smallest absolute Gasteiger partial charge is 0.166 e. The Labute approximate surface area is 359 Å². The van der Waals surface area contributed by atoms with Crippen LogP contribution in [-0.4, -0.2) is 34.5 Å². The SMILES string of the molecule is [2H]c1c([2H])c([2H])c(-c2nc(-c3ccccc3)nc(-c3cc(-c4nc(-c5ccccc5)nc(-c5ccc(-c6ccccc6)cc5)n4)ccc3-n3c4ccccc4c4ccccc43)n2)c([2H])c1[2H]. The second kappa shape index (κ2) is 15.4. The fourth-order valence-electron chi connectivity index (χ4n) is 7.71. The van der Waals surface area contributed by atoms with Gasteiger partial charge in [0.15, 0.2) is 34.9 Å². The Bertz CT molecular complexity index is 3560. The Balaban J connectivity index is 1.18. The molecule has 0 atom stereocenters. The van der Waals surface area contributed by atoms with E-state index >= 15 is 0 Å². The number of para-hydroxylation sites is 2. The van der Waals surface area contributed by atoms with Gasteiger partial charge >= 0.3 is 0 Å². The molecule has 0 bridgehead atoms. The molecule has 0 aliphatic heterocycles. The lowest BCUT2D eigenvalue weighted by atomic mass is 10.0. The van der Waals surface area contributed by atoms with Crippen LogP contribution in [0.25, 0.3) is 107 Å². The number of nitrogens with zero attached hydrogens (tertiary/aromatic N) is 7. The summed E-state index contributed by atoms with van der Waals surface area (Å²) in [6, 6.07) is 57.4. The first-order chi connectivity index (χ1) is 32.3. The van der Waals surface area contributed by atoms with Crippen LogP contribution >= 0.6 is 0 Å². The number of hydrogen-bond acceptors (Lipinski definition) is 6. The van der Waals surface area contributed by atoms with Gasteiger partial charge in [-0.3, -0.25) is 0 Å². The molecule has 0 saturated heterocycles. The third kappa shape index (κ3) is 6.80. The number of hydrogen-bond donors (Lipinski definition) is 0. The van der Waals surface area contributed by atoms with Crippen molar-refractivity contribution in [3.8, 4) is 85.1 Å². The van der Waals surface area contributed by atoms with E-state index in [0.717, 1.165) is 49.7 Å². The zero-order chi connectivity index (χ0) is 44.9. The first-order valence-corrected chi connectivity index (χ1v) is 19.8. The van der Waals surface area contributed by atoms with E-state index in [1.807, 2.05) is 133 Å². The molecule has 3 heterocycles. The summed E-state index contributed by atoms with van der Waals surface area (Å²) < 4.78 is 45.4. The monoisotopic (exact) mass is 786 g/mol. The molecule has 61 heavy (non-hydrogen) atoms. The first kappa shape index (κ1) is 30.6. The van der Waals surface area contributed by atoms with Gasteiger partial charge in [-0.2, -0.15) is 0 Å². The van der Waals surface area contributed by atoms with E-state index in [9.17, 15) is 0 Å². The summed E-state index contributed by atoms with van der Waals surface area (Å²) in [4.78, 5) is 30.1. The normalized spacial score (nSPS) is 12.4. The maximum atomic E-state index is 8.94. The average Bonchev–Trinajstić information content (AvgIpc) is 3.72. The molecule has 11 aromatic rings. The van der Waals surface area contributed by atoms with Crippen molar-refractivity contribution in [1.29, 1.82) is 0 Å². The fraction of sp³-hybridized carbons (Fsp3) is 0. The minimum absolute atomic E-state index is 0.0674. The highest BCUT2D eigenvalue weighted by Crippen LogP contribution is 2.38. The van der Waals surface area contributed by atoms with Gasteiger partial charge in [0.1, 0.15) is 0 Å². The second-order valence-electron chi connectivity index (χ2n) is 14.4. The Hall–Kier alpha value is -8.42. The predicted octanol–water partition coefficient (Wildman–Crippen LogP) is 12.8. The quantitative estimate of drug-likeness (QED) is 0.153. The summed E-state index contributed by atoms with van der Waals surface area (Å²) in [6.45, 7) is 0. The van der Waals surface area contributed by atoms with Crippen LogP contribution in [0.2, 0.25) is 0 Å². The topological polar surface area (TPSA) is 82.3 Å². The molecule has 0 radical (unpaired) electrons. The molecule has 0 unspecified atom stereocenters. The van der Waals surface area contributed by atoms with Crippen molar-refractivity contribution in [3.05, 3.63) is 212 Å². The third-order valence-electron chi connectivity index (χ3n) is 10.6. The molecule has 286 valence electrons. The summed E-state index contributed by atoms with van der Waals surface area (Å²) >= 11 is 0. The molecule has 0 spiro atoms. The summed E-state index contributed by atoms with van der Waals surface area (Å²) in [5.74, 6) is 1.78. The van der Waals surface area contributed by atoms with Gasteiger partial charge in [0.2, 0.25) is 0 Å². The maximum absolute atomic E-state index is 8.94. The van der Waals surface area contributed by atoms with Crippen molar-refractivity contribution in [3.63, 3.8) is 0 Å². The van der Waals surface area contributed by atoms with Gasteiger partial charge in [-0.05, 0) is 41.5 Å². The van der Waals surface area contributed by atoms with E-state index in [0.29, 0.717) is 34.2 Å². The summed E-state index contributed by atoms with van der Waals surface area (Å²) in [5.41, 5.74) is 8.13. The summed E-state index contributed by atoms with van der Waals surface area (Å²) in [7, 11) is 0. The first-order valence-electron chi connectivity index (χ1n) is 22.3. The number of fused-ring (bicyclic) bond motifs is 3. The van der Waals surface area contributed by atoms with E-state index in [4.69, 9.17) is 36.8 Å². The lowest BCUT2D eigenvalue weighted by Crippen LogP contribution is -2.05. The van der Waals surface area contributed by atoms with Crippen LogP contribution in [0.5, 0.6) is 0 Å². The van der Waals surface area contributed by atoms with Crippen molar-refractivity contribution in [2.75, 3.05) is 0 Å². The molecule has 0 aliphatic rings. The van der Waals surface area contributed by atoms with Crippen molar-refractivity contribution in [2.24, 2.45) is 0 Å². The summed E-state index contributed by atoms with van der Waals surface area (Å²) in [6.07, 6.45) is 0. The van der Waals surface area contributed by atoms with Gasteiger partial charge < -0.3 is 4.57 Å². The van der Waals surface area contributed by atoms with Gasteiger partial charge in [0.25, 0.3) is 0 Å². The van der Waals surface area contributed by atoms with Crippen LogP contribution in [0.1, 0.15) is 6.85 Å². The molecule has 3 aromatic heterocycles. The van der Waals surface area contributed by atoms with Crippen molar-refractivity contribution in [2.45, 2.75) is 0 Å². The highest BCUT2D eigenvalue weighted by Gasteiger charge is 2.22. The molecule has 0 fully saturated rings. The Morgan fingerprint density at radius 3 is 1.23 bits per heavy atom. The molecule has 0 aliphatic carbocycles. The van der Waals surface area contributed by atoms with E-state index < -0.39 is 30.2 Å². The van der Waals surface area contributed by atoms with E-state index in [1.54, 1.807) is 0 Å². The van der Waals surface area contributed by atoms with Crippen LogP contribution in [0.4, 0.5) is 0 Å². The zero-order valence-corrected chi connectivity index (χ0v) is 32.5. The lowest BCUT2D eigenvalue weighted by molar-refractivity contribution is 1.06. The van der Waals surface area contributed by atoms with Crippen LogP contribution < -0.4 is 0 Å². The Kier molecular flexibility index (Phi) is 7.73. The third-order valence-corrected chi connectivity index (χ3v) is 10.6. The van der Waals surface area contributed by atoms with Crippen molar-refractivity contribution < 1.29 is 6.85 Å². The Morgan fingerprint density at radius 2 is 0.689 bits per heavy atom. The fourth-order valence-corrected chi connectivity index (χ4v) is 7.71. The van der Waals surface area contributed by atoms with Gasteiger partial charge in [-0.1, -0.05) is 182 Å². The minimum atomic E-state index is -0.508. The molecule has 11 rings (SSSR count). The van der Waals surface area contributed by atoms with Gasteiger partial charge in [-0.25, -0.2) is 29.9 Å². The van der Waals surface area contributed by atoms with E-state index in [2.05, 4.69) is 53.1 Å².